The minimum atomic E-state index is -0.240. The first-order valence-electron chi connectivity index (χ1n) is 9.06. The van der Waals surface area contributed by atoms with Crippen molar-refractivity contribution in [3.05, 3.63) is 88.9 Å². The quantitative estimate of drug-likeness (QED) is 0.564. The molecule has 0 fully saturated rings. The van der Waals surface area contributed by atoms with Crippen LogP contribution in [0.1, 0.15) is 11.1 Å². The molecule has 0 aromatic heterocycles. The maximum atomic E-state index is 12.2. The number of anilines is 1. The fourth-order valence-corrected chi connectivity index (χ4v) is 2.94. The van der Waals surface area contributed by atoms with E-state index >= 15 is 0 Å². The second-order valence-corrected chi connectivity index (χ2v) is 6.79. The minimum Gasteiger partial charge on any atom is -0.493 e. The Bertz CT molecular complexity index is 928. The molecule has 0 radical (unpaired) electrons. The van der Waals surface area contributed by atoms with Gasteiger partial charge in [-0.25, -0.2) is 0 Å². The Hall–Kier alpha value is -2.98. The maximum Gasteiger partial charge on any atom is 0.262 e. The summed E-state index contributed by atoms with van der Waals surface area (Å²) in [5, 5.41) is 3.46. The van der Waals surface area contributed by atoms with Crippen molar-refractivity contribution < 1.29 is 14.3 Å². The molecule has 0 saturated carbocycles. The van der Waals surface area contributed by atoms with Gasteiger partial charge in [0.25, 0.3) is 5.91 Å². The van der Waals surface area contributed by atoms with E-state index in [0.29, 0.717) is 28.8 Å². The highest BCUT2D eigenvalue weighted by Gasteiger charge is 2.07. The fraction of sp³-hybridized carbons (Fsp3) is 0.174. The second-order valence-electron chi connectivity index (χ2n) is 6.36. The molecule has 4 nitrogen and oxygen atoms in total. The first kappa shape index (κ1) is 19.8. The Morgan fingerprint density at radius 2 is 1.79 bits per heavy atom. The SMILES string of the molecule is Cc1cc(Cl)ccc1OCC(=O)Nc1cccc(OCCc2ccccc2)c1. The summed E-state index contributed by atoms with van der Waals surface area (Å²) in [6.07, 6.45) is 0.825. The van der Waals surface area contributed by atoms with Gasteiger partial charge in [0, 0.05) is 23.2 Å². The van der Waals surface area contributed by atoms with Gasteiger partial charge in [0.2, 0.25) is 0 Å². The molecule has 144 valence electrons. The van der Waals surface area contributed by atoms with Crippen molar-refractivity contribution in [2.75, 3.05) is 18.5 Å². The number of ether oxygens (including phenoxy) is 2. The summed E-state index contributed by atoms with van der Waals surface area (Å²) in [4.78, 5) is 12.2. The highest BCUT2D eigenvalue weighted by Crippen LogP contribution is 2.22. The summed E-state index contributed by atoms with van der Waals surface area (Å²) in [5.74, 6) is 1.11. The van der Waals surface area contributed by atoms with Crippen molar-refractivity contribution >= 4 is 23.2 Å². The first-order valence-corrected chi connectivity index (χ1v) is 9.43. The molecule has 0 bridgehead atoms. The molecule has 0 aliphatic carbocycles. The van der Waals surface area contributed by atoms with E-state index < -0.39 is 0 Å². The lowest BCUT2D eigenvalue weighted by Crippen LogP contribution is -2.20. The van der Waals surface area contributed by atoms with Crippen LogP contribution in [-0.4, -0.2) is 19.1 Å². The third-order valence-electron chi connectivity index (χ3n) is 4.12. The van der Waals surface area contributed by atoms with Gasteiger partial charge < -0.3 is 14.8 Å². The van der Waals surface area contributed by atoms with Crippen molar-refractivity contribution in [3.8, 4) is 11.5 Å². The number of amides is 1. The summed E-state index contributed by atoms with van der Waals surface area (Å²) >= 11 is 5.93. The molecular weight excluding hydrogens is 374 g/mol. The number of carbonyl (C=O) groups excluding carboxylic acids is 1. The molecule has 0 atom stereocenters. The summed E-state index contributed by atoms with van der Waals surface area (Å²) in [6, 6.07) is 22.8. The smallest absolute Gasteiger partial charge is 0.262 e. The molecule has 0 spiro atoms. The number of rotatable bonds is 8. The van der Waals surface area contributed by atoms with Gasteiger partial charge in [0.1, 0.15) is 11.5 Å². The van der Waals surface area contributed by atoms with Gasteiger partial charge in [-0.1, -0.05) is 48.0 Å². The fourth-order valence-electron chi connectivity index (χ4n) is 2.71. The van der Waals surface area contributed by atoms with Crippen LogP contribution in [0.4, 0.5) is 5.69 Å². The number of nitrogens with one attached hydrogen (secondary N) is 1. The van der Waals surface area contributed by atoms with Crippen LogP contribution in [-0.2, 0) is 11.2 Å². The van der Waals surface area contributed by atoms with Crippen LogP contribution in [0.5, 0.6) is 11.5 Å². The number of carbonyl (C=O) groups is 1. The second kappa shape index (κ2) is 9.81. The van der Waals surface area contributed by atoms with E-state index in [9.17, 15) is 4.79 Å². The molecule has 0 saturated heterocycles. The van der Waals surface area contributed by atoms with Crippen LogP contribution in [0.3, 0.4) is 0 Å². The van der Waals surface area contributed by atoms with Gasteiger partial charge in [-0.15, -0.1) is 0 Å². The molecule has 3 aromatic rings. The van der Waals surface area contributed by atoms with Crippen LogP contribution in [0, 0.1) is 6.92 Å². The van der Waals surface area contributed by atoms with Crippen molar-refractivity contribution in [2.45, 2.75) is 13.3 Å². The van der Waals surface area contributed by atoms with Gasteiger partial charge in [-0.05, 0) is 48.4 Å². The van der Waals surface area contributed by atoms with E-state index in [1.54, 1.807) is 24.3 Å². The maximum absolute atomic E-state index is 12.2. The Balaban J connectivity index is 1.48. The van der Waals surface area contributed by atoms with E-state index in [4.69, 9.17) is 21.1 Å². The van der Waals surface area contributed by atoms with Gasteiger partial charge in [0.15, 0.2) is 6.61 Å². The molecule has 0 aliphatic rings. The normalized spacial score (nSPS) is 10.4. The summed E-state index contributed by atoms with van der Waals surface area (Å²) in [6.45, 7) is 2.37. The zero-order chi connectivity index (χ0) is 19.8. The topological polar surface area (TPSA) is 47.6 Å². The first-order chi connectivity index (χ1) is 13.6. The zero-order valence-corrected chi connectivity index (χ0v) is 16.4. The lowest BCUT2D eigenvalue weighted by molar-refractivity contribution is -0.118. The molecule has 3 aromatic carbocycles. The Labute approximate surface area is 170 Å². The van der Waals surface area contributed by atoms with Crippen LogP contribution in [0.15, 0.2) is 72.8 Å². The number of aryl methyl sites for hydroxylation is 1. The third-order valence-corrected chi connectivity index (χ3v) is 4.35. The summed E-state index contributed by atoms with van der Waals surface area (Å²) in [7, 11) is 0. The van der Waals surface area contributed by atoms with E-state index in [2.05, 4.69) is 17.4 Å². The highest BCUT2D eigenvalue weighted by molar-refractivity contribution is 6.30. The molecule has 28 heavy (non-hydrogen) atoms. The number of halogens is 1. The van der Waals surface area contributed by atoms with Crippen molar-refractivity contribution in [1.82, 2.24) is 0 Å². The largest absolute Gasteiger partial charge is 0.493 e. The molecule has 1 amide bonds. The Morgan fingerprint density at radius 1 is 0.964 bits per heavy atom. The van der Waals surface area contributed by atoms with Gasteiger partial charge in [-0.2, -0.15) is 0 Å². The van der Waals surface area contributed by atoms with Gasteiger partial charge in [-0.3, -0.25) is 4.79 Å². The predicted molar refractivity (Wildman–Crippen MR) is 112 cm³/mol. The van der Waals surface area contributed by atoms with Crippen LogP contribution in [0.2, 0.25) is 5.02 Å². The lowest BCUT2D eigenvalue weighted by atomic mass is 10.2. The van der Waals surface area contributed by atoms with Crippen molar-refractivity contribution in [2.24, 2.45) is 0 Å². The average Bonchev–Trinajstić information content (AvgIpc) is 2.68. The average molecular weight is 396 g/mol. The lowest BCUT2D eigenvalue weighted by Gasteiger charge is -2.11. The number of hydrogen-bond donors (Lipinski definition) is 1. The molecule has 0 heterocycles. The molecule has 3 rings (SSSR count). The van der Waals surface area contributed by atoms with Crippen LogP contribution >= 0.6 is 11.6 Å². The van der Waals surface area contributed by atoms with E-state index in [0.717, 1.165) is 12.0 Å². The number of benzene rings is 3. The van der Waals surface area contributed by atoms with E-state index in [-0.39, 0.29) is 12.5 Å². The monoisotopic (exact) mass is 395 g/mol. The van der Waals surface area contributed by atoms with Crippen LogP contribution in [0.25, 0.3) is 0 Å². The van der Waals surface area contributed by atoms with Gasteiger partial charge >= 0.3 is 0 Å². The molecule has 0 aliphatic heterocycles. The number of hydrogen-bond acceptors (Lipinski definition) is 3. The Kier molecular flexibility index (Phi) is 6.93. The summed E-state index contributed by atoms with van der Waals surface area (Å²) in [5.41, 5.74) is 2.77. The highest BCUT2D eigenvalue weighted by atomic mass is 35.5. The predicted octanol–water partition coefficient (Wildman–Crippen LogP) is 5.29. The third kappa shape index (κ3) is 6.03. The molecule has 5 heteroatoms. The van der Waals surface area contributed by atoms with E-state index in [1.807, 2.05) is 43.3 Å². The van der Waals surface area contributed by atoms with Crippen molar-refractivity contribution in [3.63, 3.8) is 0 Å². The Morgan fingerprint density at radius 3 is 2.57 bits per heavy atom. The molecular formula is C23H22ClNO3. The van der Waals surface area contributed by atoms with Crippen molar-refractivity contribution in [1.29, 1.82) is 0 Å². The van der Waals surface area contributed by atoms with E-state index in [1.165, 1.54) is 5.56 Å². The zero-order valence-electron chi connectivity index (χ0n) is 15.7. The molecule has 1 N–H and O–H groups in total. The summed E-state index contributed by atoms with van der Waals surface area (Å²) < 4.78 is 11.4. The standard InChI is InChI=1S/C23H22ClNO3/c1-17-14-19(24)10-11-22(17)28-16-23(26)25-20-8-5-9-21(15-20)27-13-12-18-6-3-2-4-7-18/h2-11,14-15H,12-13,16H2,1H3,(H,25,26). The minimum absolute atomic E-state index is 0.0818. The molecule has 0 unspecified atom stereocenters. The van der Waals surface area contributed by atoms with Crippen LogP contribution < -0.4 is 14.8 Å². The van der Waals surface area contributed by atoms with Gasteiger partial charge in [0.05, 0.1) is 6.61 Å².